The average molecular weight is 524 g/mol. The molecule has 0 bridgehead atoms. The first kappa shape index (κ1) is 25.6. The van der Waals surface area contributed by atoms with Gasteiger partial charge in [-0.05, 0) is 97.8 Å². The lowest BCUT2D eigenvalue weighted by molar-refractivity contribution is -0.116. The zero-order valence-electron chi connectivity index (χ0n) is 21.8. The number of nitrogens with zero attached hydrogens (tertiary/aromatic N) is 2. The minimum absolute atomic E-state index is 0.0769. The molecular weight excluding hydrogens is 494 g/mol. The van der Waals surface area contributed by atoms with Gasteiger partial charge in [0.05, 0.1) is 17.6 Å². The summed E-state index contributed by atoms with van der Waals surface area (Å²) in [6, 6.07) is 21.8. The topological polar surface area (TPSA) is 79.3 Å². The van der Waals surface area contributed by atoms with Crippen molar-refractivity contribution < 1.29 is 9.53 Å². The summed E-state index contributed by atoms with van der Waals surface area (Å²) in [5.41, 5.74) is 14.7. The van der Waals surface area contributed by atoms with Crippen LogP contribution in [0.25, 0.3) is 0 Å². The molecule has 1 aliphatic heterocycles. The molecule has 1 atom stereocenters. The number of nitriles is 1. The number of allylic oxidation sites excluding steroid dienone is 3. The maximum atomic E-state index is 13.5. The second-order valence-corrected chi connectivity index (χ2v) is 10.5. The number of ketones is 1. The lowest BCUT2D eigenvalue weighted by atomic mass is 9.74. The molecule has 1 heterocycles. The molecule has 192 valence electrons. The molecule has 5 nitrogen and oxygen atoms in total. The number of benzene rings is 3. The van der Waals surface area contributed by atoms with E-state index in [4.69, 9.17) is 22.1 Å². The molecule has 0 saturated heterocycles. The number of halogens is 1. The van der Waals surface area contributed by atoms with Gasteiger partial charge in [-0.2, -0.15) is 5.26 Å². The van der Waals surface area contributed by atoms with Crippen LogP contribution in [0.3, 0.4) is 0 Å². The van der Waals surface area contributed by atoms with Crippen LogP contribution in [-0.2, 0) is 11.4 Å². The number of aryl methyl sites for hydroxylation is 3. The van der Waals surface area contributed by atoms with Crippen LogP contribution in [0.5, 0.6) is 5.75 Å². The van der Waals surface area contributed by atoms with Crippen molar-refractivity contribution in [1.82, 2.24) is 0 Å². The monoisotopic (exact) mass is 523 g/mol. The fourth-order valence-corrected chi connectivity index (χ4v) is 5.66. The van der Waals surface area contributed by atoms with Crippen molar-refractivity contribution in [2.45, 2.75) is 52.6 Å². The lowest BCUT2D eigenvalue weighted by Crippen LogP contribution is -2.39. The van der Waals surface area contributed by atoms with Crippen molar-refractivity contribution >= 4 is 23.1 Å². The first-order valence-corrected chi connectivity index (χ1v) is 13.2. The Morgan fingerprint density at radius 2 is 1.82 bits per heavy atom. The molecule has 6 heteroatoms. The van der Waals surface area contributed by atoms with Gasteiger partial charge in [-0.15, -0.1) is 0 Å². The van der Waals surface area contributed by atoms with E-state index in [1.165, 1.54) is 0 Å². The van der Waals surface area contributed by atoms with Crippen LogP contribution in [0.4, 0.5) is 5.69 Å². The highest BCUT2D eigenvalue weighted by Crippen LogP contribution is 2.47. The molecule has 0 spiro atoms. The molecule has 5 rings (SSSR count). The molecule has 2 aliphatic rings. The molecule has 2 N–H and O–H groups in total. The third-order valence-electron chi connectivity index (χ3n) is 7.42. The van der Waals surface area contributed by atoms with Crippen LogP contribution in [0.15, 0.2) is 83.3 Å². The predicted molar refractivity (Wildman–Crippen MR) is 151 cm³/mol. The molecule has 3 aromatic rings. The summed E-state index contributed by atoms with van der Waals surface area (Å²) >= 11 is 6.01. The summed E-state index contributed by atoms with van der Waals surface area (Å²) in [5, 5.41) is 11.0. The number of nitrogens with two attached hydrogens (primary N) is 1. The highest BCUT2D eigenvalue weighted by Gasteiger charge is 2.41. The Bertz CT molecular complexity index is 1530. The molecule has 0 radical (unpaired) electrons. The standard InChI is InChI=1S/C32H30ClN3O2/c1-19-6-4-7-24(14-19)36-28-8-5-9-29(37)31(28)30(27(17-34)32(36)35)26-16-22(20(2)15-21(26)3)18-38-25-12-10-23(33)11-13-25/h4,6-7,10-16,30H,5,8-9,18,35H2,1-3H3. The Morgan fingerprint density at radius 3 is 2.53 bits per heavy atom. The average Bonchev–Trinajstić information content (AvgIpc) is 2.89. The van der Waals surface area contributed by atoms with Gasteiger partial charge in [0.15, 0.2) is 5.78 Å². The summed E-state index contributed by atoms with van der Waals surface area (Å²) in [6.45, 7) is 6.44. The first-order chi connectivity index (χ1) is 18.3. The van der Waals surface area contributed by atoms with Crippen molar-refractivity contribution in [3.8, 4) is 11.8 Å². The number of Topliss-reactive ketones (excluding diaryl/α,β-unsaturated/α-hetero) is 1. The third kappa shape index (κ3) is 4.68. The predicted octanol–water partition coefficient (Wildman–Crippen LogP) is 7.15. The summed E-state index contributed by atoms with van der Waals surface area (Å²) in [4.78, 5) is 15.5. The zero-order valence-corrected chi connectivity index (χ0v) is 22.6. The number of carbonyl (C=O) groups excluding carboxylic acids is 1. The fraction of sp³-hybridized carbons (Fsp3) is 0.250. The number of carbonyl (C=O) groups is 1. The van der Waals surface area contributed by atoms with Crippen LogP contribution in [0, 0.1) is 32.1 Å². The first-order valence-electron chi connectivity index (χ1n) is 12.8. The van der Waals surface area contributed by atoms with Crippen molar-refractivity contribution in [1.29, 1.82) is 5.26 Å². The van der Waals surface area contributed by atoms with Crippen LogP contribution < -0.4 is 15.4 Å². The van der Waals surface area contributed by atoms with E-state index in [0.29, 0.717) is 35.0 Å². The summed E-state index contributed by atoms with van der Waals surface area (Å²) < 4.78 is 6.05. The number of rotatable bonds is 5. The molecule has 3 aromatic carbocycles. The summed E-state index contributed by atoms with van der Waals surface area (Å²) in [7, 11) is 0. The Kier molecular flexibility index (Phi) is 7.01. The van der Waals surface area contributed by atoms with E-state index < -0.39 is 5.92 Å². The number of ether oxygens (including phenoxy) is 1. The molecule has 0 saturated carbocycles. The van der Waals surface area contributed by atoms with Crippen LogP contribution >= 0.6 is 11.6 Å². The molecule has 38 heavy (non-hydrogen) atoms. The molecule has 0 aromatic heterocycles. The van der Waals surface area contributed by atoms with E-state index in [2.05, 4.69) is 18.2 Å². The highest BCUT2D eigenvalue weighted by molar-refractivity contribution is 6.30. The number of hydrogen-bond donors (Lipinski definition) is 1. The normalized spacial score (nSPS) is 17.4. The van der Waals surface area contributed by atoms with Gasteiger partial charge in [-0.3, -0.25) is 9.69 Å². The lowest BCUT2D eigenvalue weighted by Gasteiger charge is -2.40. The van der Waals surface area contributed by atoms with Crippen molar-refractivity contribution in [2.75, 3.05) is 4.90 Å². The maximum absolute atomic E-state index is 13.5. The second-order valence-electron chi connectivity index (χ2n) is 10.0. The summed E-state index contributed by atoms with van der Waals surface area (Å²) in [6.07, 6.45) is 1.95. The van der Waals surface area contributed by atoms with Crippen molar-refractivity contribution in [3.05, 3.63) is 116 Å². The minimum atomic E-state index is -0.515. The third-order valence-corrected chi connectivity index (χ3v) is 7.67. The molecular formula is C32H30ClN3O2. The molecule has 0 amide bonds. The maximum Gasteiger partial charge on any atom is 0.161 e. The van der Waals surface area contributed by atoms with E-state index in [9.17, 15) is 10.1 Å². The van der Waals surface area contributed by atoms with E-state index in [0.717, 1.165) is 57.8 Å². The van der Waals surface area contributed by atoms with Crippen LogP contribution in [0.2, 0.25) is 5.02 Å². The smallest absolute Gasteiger partial charge is 0.161 e. The van der Waals surface area contributed by atoms with Gasteiger partial charge < -0.3 is 10.5 Å². The SMILES string of the molecule is Cc1cccc(N2C(N)=C(C#N)C(c3cc(COc4ccc(Cl)cc4)c(C)cc3C)C3=C2CCCC3=O)c1. The second kappa shape index (κ2) is 10.4. The van der Waals surface area contributed by atoms with Crippen LogP contribution in [-0.4, -0.2) is 5.78 Å². The van der Waals surface area contributed by atoms with Gasteiger partial charge >= 0.3 is 0 Å². The molecule has 1 aliphatic carbocycles. The van der Waals surface area contributed by atoms with Gasteiger partial charge in [-0.1, -0.05) is 35.9 Å². The minimum Gasteiger partial charge on any atom is -0.489 e. The van der Waals surface area contributed by atoms with E-state index in [-0.39, 0.29) is 5.78 Å². The van der Waals surface area contributed by atoms with Gasteiger partial charge in [-0.25, -0.2) is 0 Å². The largest absolute Gasteiger partial charge is 0.489 e. The van der Waals surface area contributed by atoms with E-state index in [1.807, 2.05) is 62.1 Å². The van der Waals surface area contributed by atoms with Gasteiger partial charge in [0.2, 0.25) is 0 Å². The highest BCUT2D eigenvalue weighted by atomic mass is 35.5. The zero-order chi connectivity index (χ0) is 27.0. The van der Waals surface area contributed by atoms with Crippen molar-refractivity contribution in [3.63, 3.8) is 0 Å². The van der Waals surface area contributed by atoms with Gasteiger partial charge in [0.1, 0.15) is 18.2 Å². The van der Waals surface area contributed by atoms with E-state index in [1.54, 1.807) is 12.1 Å². The fourth-order valence-electron chi connectivity index (χ4n) is 5.53. The van der Waals surface area contributed by atoms with Gasteiger partial charge in [0.25, 0.3) is 0 Å². The Hall–Kier alpha value is -4.01. The molecule has 1 unspecified atom stereocenters. The molecule has 0 fully saturated rings. The quantitative estimate of drug-likeness (QED) is 0.384. The Balaban J connectivity index is 1.62. The van der Waals surface area contributed by atoms with Crippen LogP contribution in [0.1, 0.15) is 53.0 Å². The van der Waals surface area contributed by atoms with E-state index >= 15 is 0 Å². The number of hydrogen-bond acceptors (Lipinski definition) is 5. The Labute approximate surface area is 228 Å². The number of anilines is 1. The van der Waals surface area contributed by atoms with Crippen molar-refractivity contribution in [2.24, 2.45) is 5.73 Å². The summed E-state index contributed by atoms with van der Waals surface area (Å²) in [5.74, 6) is 0.666. The van der Waals surface area contributed by atoms with Gasteiger partial charge in [0, 0.05) is 28.4 Å². The Morgan fingerprint density at radius 1 is 1.05 bits per heavy atom.